The number of para-hydroxylation sites is 1. The summed E-state index contributed by atoms with van der Waals surface area (Å²) in [6.45, 7) is -0.157. The van der Waals surface area contributed by atoms with E-state index >= 15 is 0 Å². The first kappa shape index (κ1) is 18.6. The molecule has 0 fully saturated rings. The molecule has 0 aliphatic rings. The molecule has 0 amide bonds. The fourth-order valence-electron chi connectivity index (χ4n) is 2.14. The molecule has 8 heteroatoms. The number of anilines is 1. The number of ketones is 1. The minimum absolute atomic E-state index is 0.0225. The lowest BCUT2D eigenvalue weighted by Crippen LogP contribution is -2.23. The van der Waals surface area contributed by atoms with Crippen molar-refractivity contribution in [3.8, 4) is 0 Å². The van der Waals surface area contributed by atoms with Gasteiger partial charge in [0, 0.05) is 25.3 Å². The lowest BCUT2D eigenvalue weighted by Gasteiger charge is -2.12. The van der Waals surface area contributed by atoms with Gasteiger partial charge in [-0.2, -0.15) is 0 Å². The topological polar surface area (TPSA) is 104 Å². The van der Waals surface area contributed by atoms with Crippen LogP contribution in [0.3, 0.4) is 0 Å². The van der Waals surface area contributed by atoms with Crippen molar-refractivity contribution in [2.24, 2.45) is 0 Å². The van der Waals surface area contributed by atoms with Crippen LogP contribution >= 0.6 is 0 Å². The fraction of sp³-hybridized carbons (Fsp3) is 0.176. The number of sulfonamides is 1. The number of aromatic carboxylic acids is 1. The summed E-state index contributed by atoms with van der Waals surface area (Å²) in [4.78, 5) is 23.5. The predicted molar refractivity (Wildman–Crippen MR) is 93.5 cm³/mol. The monoisotopic (exact) mass is 362 g/mol. The van der Waals surface area contributed by atoms with Gasteiger partial charge in [-0.25, -0.2) is 17.5 Å². The van der Waals surface area contributed by atoms with Gasteiger partial charge in [0.15, 0.2) is 5.78 Å². The maximum absolute atomic E-state index is 12.3. The summed E-state index contributed by atoms with van der Waals surface area (Å²) in [6.07, 6.45) is 0. The maximum Gasteiger partial charge on any atom is 0.337 e. The van der Waals surface area contributed by atoms with Gasteiger partial charge in [-0.3, -0.25) is 4.79 Å². The largest absolute Gasteiger partial charge is 0.478 e. The molecule has 0 unspecified atom stereocenters. The van der Waals surface area contributed by atoms with E-state index in [-0.39, 0.29) is 28.4 Å². The molecule has 2 N–H and O–H groups in total. The van der Waals surface area contributed by atoms with Gasteiger partial charge in [0.05, 0.1) is 17.0 Å². The Morgan fingerprint density at radius 2 is 1.76 bits per heavy atom. The first-order valence-electron chi connectivity index (χ1n) is 7.35. The highest BCUT2D eigenvalue weighted by molar-refractivity contribution is 7.89. The van der Waals surface area contributed by atoms with Gasteiger partial charge in [0.2, 0.25) is 10.0 Å². The van der Waals surface area contributed by atoms with E-state index < -0.39 is 16.0 Å². The van der Waals surface area contributed by atoms with E-state index in [2.05, 4.69) is 5.32 Å². The molecule has 25 heavy (non-hydrogen) atoms. The lowest BCUT2D eigenvalue weighted by atomic mass is 10.1. The van der Waals surface area contributed by atoms with Gasteiger partial charge < -0.3 is 10.4 Å². The summed E-state index contributed by atoms with van der Waals surface area (Å²) in [5.74, 6) is -1.45. The number of hydrogen-bond acceptors (Lipinski definition) is 5. The maximum atomic E-state index is 12.3. The smallest absolute Gasteiger partial charge is 0.337 e. The first-order chi connectivity index (χ1) is 11.7. The Balaban J connectivity index is 2.19. The second kappa shape index (κ2) is 7.45. The number of carboxylic acids is 1. The third-order valence-corrected chi connectivity index (χ3v) is 5.34. The van der Waals surface area contributed by atoms with Crippen molar-refractivity contribution >= 4 is 27.5 Å². The fourth-order valence-corrected chi connectivity index (χ4v) is 3.09. The second-order valence-electron chi connectivity index (χ2n) is 5.44. The zero-order valence-corrected chi connectivity index (χ0v) is 14.6. The van der Waals surface area contributed by atoms with Crippen LogP contribution in [0.1, 0.15) is 20.7 Å². The molecule has 2 rings (SSSR count). The molecule has 0 saturated heterocycles. The van der Waals surface area contributed by atoms with Gasteiger partial charge >= 0.3 is 5.97 Å². The van der Waals surface area contributed by atoms with Crippen molar-refractivity contribution in [3.63, 3.8) is 0 Å². The van der Waals surface area contributed by atoms with Crippen LogP contribution in [-0.2, 0) is 10.0 Å². The number of carboxylic acid groups (broad SMARTS) is 1. The van der Waals surface area contributed by atoms with Gasteiger partial charge in [-0.15, -0.1) is 0 Å². The molecule has 2 aromatic rings. The summed E-state index contributed by atoms with van der Waals surface area (Å²) in [5.41, 5.74) is 0.600. The number of hydrogen-bond donors (Lipinski definition) is 2. The molecule has 0 atom stereocenters. The van der Waals surface area contributed by atoms with Crippen LogP contribution in [0.5, 0.6) is 0 Å². The van der Waals surface area contributed by atoms with Crippen molar-refractivity contribution in [2.45, 2.75) is 4.90 Å². The van der Waals surface area contributed by atoms with E-state index in [4.69, 9.17) is 5.11 Å². The molecular weight excluding hydrogens is 344 g/mol. The first-order valence-corrected chi connectivity index (χ1v) is 8.79. The van der Waals surface area contributed by atoms with Crippen LogP contribution in [0, 0.1) is 0 Å². The molecule has 0 radical (unpaired) electrons. The Bertz CT molecular complexity index is 907. The zero-order valence-electron chi connectivity index (χ0n) is 13.8. The number of nitrogens with one attached hydrogen (secondary N) is 1. The molecule has 2 aromatic carbocycles. The predicted octanol–water partition coefficient (Wildman–Crippen LogP) is 1.93. The molecule has 0 aromatic heterocycles. The normalized spacial score (nSPS) is 11.3. The minimum atomic E-state index is -3.63. The Kier molecular flexibility index (Phi) is 5.55. The minimum Gasteiger partial charge on any atom is -0.478 e. The van der Waals surface area contributed by atoms with Crippen LogP contribution < -0.4 is 5.32 Å². The van der Waals surface area contributed by atoms with Crippen molar-refractivity contribution in [1.82, 2.24) is 4.31 Å². The second-order valence-corrected chi connectivity index (χ2v) is 7.59. The van der Waals surface area contributed by atoms with Gasteiger partial charge in [0.1, 0.15) is 0 Å². The molecule has 0 aliphatic heterocycles. The van der Waals surface area contributed by atoms with Crippen molar-refractivity contribution < 1.29 is 23.1 Å². The van der Waals surface area contributed by atoms with Crippen LogP contribution in [0.2, 0.25) is 0 Å². The number of carbonyl (C=O) groups excluding carboxylic acids is 1. The molecule has 132 valence electrons. The summed E-state index contributed by atoms with van der Waals surface area (Å²) >= 11 is 0. The highest BCUT2D eigenvalue weighted by atomic mass is 32.2. The van der Waals surface area contributed by atoms with Crippen molar-refractivity contribution in [2.75, 3.05) is 26.0 Å². The average molecular weight is 362 g/mol. The quantitative estimate of drug-likeness (QED) is 0.730. The number of rotatable bonds is 7. The molecule has 0 heterocycles. The van der Waals surface area contributed by atoms with Crippen LogP contribution in [0.15, 0.2) is 53.4 Å². The Morgan fingerprint density at radius 3 is 2.40 bits per heavy atom. The summed E-state index contributed by atoms with van der Waals surface area (Å²) < 4.78 is 25.3. The van der Waals surface area contributed by atoms with E-state index in [0.29, 0.717) is 5.69 Å². The van der Waals surface area contributed by atoms with Crippen molar-refractivity contribution in [3.05, 3.63) is 59.7 Å². The number of carbonyl (C=O) groups is 2. The number of benzene rings is 2. The highest BCUT2D eigenvalue weighted by Crippen LogP contribution is 2.17. The third-order valence-electron chi connectivity index (χ3n) is 3.53. The SMILES string of the molecule is CN(C)S(=O)(=O)c1cccc(C(=O)CNc2ccccc2C(=O)O)c1. The van der Waals surface area contributed by atoms with Gasteiger partial charge in [-0.1, -0.05) is 24.3 Å². The summed E-state index contributed by atoms with van der Waals surface area (Å²) in [6, 6.07) is 12.0. The molecule has 0 bridgehead atoms. The summed E-state index contributed by atoms with van der Waals surface area (Å²) in [5, 5.41) is 11.9. The molecule has 7 nitrogen and oxygen atoms in total. The number of Topliss-reactive ketones (excluding diaryl/α,β-unsaturated/α-hetero) is 1. The van der Waals surface area contributed by atoms with E-state index in [1.807, 2.05) is 0 Å². The van der Waals surface area contributed by atoms with E-state index in [9.17, 15) is 18.0 Å². The van der Waals surface area contributed by atoms with E-state index in [0.717, 1.165) is 4.31 Å². The van der Waals surface area contributed by atoms with Crippen LogP contribution in [0.25, 0.3) is 0 Å². The third kappa shape index (κ3) is 4.23. The lowest BCUT2D eigenvalue weighted by molar-refractivity contribution is 0.0697. The van der Waals surface area contributed by atoms with Crippen molar-refractivity contribution in [1.29, 1.82) is 0 Å². The number of nitrogens with zero attached hydrogens (tertiary/aromatic N) is 1. The Hall–Kier alpha value is -2.71. The Labute approximate surface area is 146 Å². The molecule has 0 aliphatic carbocycles. The van der Waals surface area contributed by atoms with Crippen LogP contribution in [0.4, 0.5) is 5.69 Å². The Morgan fingerprint density at radius 1 is 1.08 bits per heavy atom. The standard InChI is InChI=1S/C17H18N2O5S/c1-19(2)25(23,24)13-7-5-6-12(10-13)16(20)11-18-15-9-4-3-8-14(15)17(21)22/h3-10,18H,11H2,1-2H3,(H,21,22). The van der Waals surface area contributed by atoms with E-state index in [1.165, 1.54) is 44.4 Å². The molecule has 0 saturated carbocycles. The highest BCUT2D eigenvalue weighted by Gasteiger charge is 2.19. The summed E-state index contributed by atoms with van der Waals surface area (Å²) in [7, 11) is -0.813. The molecular formula is C17H18N2O5S. The van der Waals surface area contributed by atoms with Gasteiger partial charge in [0.25, 0.3) is 0 Å². The van der Waals surface area contributed by atoms with Crippen LogP contribution in [-0.4, -0.2) is 50.2 Å². The zero-order chi connectivity index (χ0) is 18.6. The van der Waals surface area contributed by atoms with E-state index in [1.54, 1.807) is 18.2 Å². The average Bonchev–Trinajstić information content (AvgIpc) is 2.59. The van der Waals surface area contributed by atoms with Gasteiger partial charge in [-0.05, 0) is 24.3 Å². The molecule has 0 spiro atoms.